The summed E-state index contributed by atoms with van der Waals surface area (Å²) in [5.41, 5.74) is 2.16. The van der Waals surface area contributed by atoms with E-state index in [2.05, 4.69) is 18.7 Å². The third kappa shape index (κ3) is 1.48. The van der Waals surface area contributed by atoms with Crippen LogP contribution in [0.1, 0.15) is 19.4 Å². The van der Waals surface area contributed by atoms with E-state index in [0.717, 1.165) is 24.2 Å². The molecule has 0 saturated heterocycles. The summed E-state index contributed by atoms with van der Waals surface area (Å²) in [7, 11) is 0. The highest BCUT2D eigenvalue weighted by Gasteiger charge is 2.22. The molecule has 14 heavy (non-hydrogen) atoms. The molecule has 0 bridgehead atoms. The smallest absolute Gasteiger partial charge is 0.143 e. The first-order valence-corrected chi connectivity index (χ1v) is 5.22. The van der Waals surface area contributed by atoms with E-state index in [4.69, 9.17) is 11.6 Å². The first-order valence-electron chi connectivity index (χ1n) is 4.84. The Morgan fingerprint density at radius 3 is 2.79 bits per heavy atom. The molecule has 1 aromatic rings. The van der Waals surface area contributed by atoms with Crippen molar-refractivity contribution in [2.24, 2.45) is 0 Å². The molecule has 1 aliphatic rings. The molecular weight excluding hydrogens is 201 g/mol. The SMILES string of the molecule is CC(C)N1CCc2cc(Cl)c(F)cc21. The van der Waals surface area contributed by atoms with Gasteiger partial charge in [-0.25, -0.2) is 4.39 Å². The Bertz CT molecular complexity index is 363. The Kier molecular flexibility index (Phi) is 2.40. The number of benzene rings is 1. The normalized spacial score (nSPS) is 15.1. The van der Waals surface area contributed by atoms with Crippen molar-refractivity contribution in [2.75, 3.05) is 11.4 Å². The molecule has 0 aromatic heterocycles. The van der Waals surface area contributed by atoms with Crippen LogP contribution in [0.4, 0.5) is 10.1 Å². The maximum absolute atomic E-state index is 13.3. The number of anilines is 1. The summed E-state index contributed by atoms with van der Waals surface area (Å²) in [5.74, 6) is -0.321. The molecular formula is C11H13ClFN. The van der Waals surface area contributed by atoms with Crippen LogP contribution in [0.5, 0.6) is 0 Å². The molecule has 1 heterocycles. The molecule has 1 nitrogen and oxygen atoms in total. The average Bonchev–Trinajstić information content (AvgIpc) is 2.48. The first kappa shape index (κ1) is 9.78. The molecule has 76 valence electrons. The van der Waals surface area contributed by atoms with Crippen LogP contribution in [0.3, 0.4) is 0 Å². The summed E-state index contributed by atoms with van der Waals surface area (Å²) < 4.78 is 13.3. The van der Waals surface area contributed by atoms with E-state index in [1.165, 1.54) is 0 Å². The van der Waals surface area contributed by atoms with Crippen molar-refractivity contribution < 1.29 is 4.39 Å². The van der Waals surface area contributed by atoms with Gasteiger partial charge < -0.3 is 4.90 Å². The second-order valence-corrected chi connectivity index (χ2v) is 4.34. The molecule has 2 rings (SSSR count). The highest BCUT2D eigenvalue weighted by molar-refractivity contribution is 6.30. The van der Waals surface area contributed by atoms with Crippen LogP contribution < -0.4 is 4.90 Å². The molecule has 1 aliphatic heterocycles. The summed E-state index contributed by atoms with van der Waals surface area (Å²) in [6.07, 6.45) is 0.966. The van der Waals surface area contributed by atoms with Crippen molar-refractivity contribution >= 4 is 17.3 Å². The molecule has 0 fully saturated rings. The second kappa shape index (κ2) is 3.43. The van der Waals surface area contributed by atoms with Crippen molar-refractivity contribution in [1.82, 2.24) is 0 Å². The lowest BCUT2D eigenvalue weighted by molar-refractivity contribution is 0.626. The Labute approximate surface area is 88.5 Å². The van der Waals surface area contributed by atoms with Crippen molar-refractivity contribution in [1.29, 1.82) is 0 Å². The summed E-state index contributed by atoms with van der Waals surface area (Å²) in [5, 5.41) is 0.231. The fourth-order valence-electron chi connectivity index (χ4n) is 1.94. The minimum absolute atomic E-state index is 0.231. The number of halogens is 2. The van der Waals surface area contributed by atoms with Crippen LogP contribution >= 0.6 is 11.6 Å². The minimum atomic E-state index is -0.321. The first-order chi connectivity index (χ1) is 6.59. The third-order valence-corrected chi connectivity index (χ3v) is 2.97. The zero-order chi connectivity index (χ0) is 10.3. The summed E-state index contributed by atoms with van der Waals surface area (Å²) in [6, 6.07) is 3.70. The molecule has 0 spiro atoms. The lowest BCUT2D eigenvalue weighted by atomic mass is 10.1. The van der Waals surface area contributed by atoms with Crippen molar-refractivity contribution in [3.63, 3.8) is 0 Å². The third-order valence-electron chi connectivity index (χ3n) is 2.68. The zero-order valence-corrected chi connectivity index (χ0v) is 9.11. The summed E-state index contributed by atoms with van der Waals surface area (Å²) in [6.45, 7) is 5.19. The van der Waals surface area contributed by atoms with E-state index in [1.807, 2.05) is 0 Å². The van der Waals surface area contributed by atoms with E-state index < -0.39 is 0 Å². The van der Waals surface area contributed by atoms with Crippen LogP contribution in [-0.2, 0) is 6.42 Å². The number of fused-ring (bicyclic) bond motifs is 1. The van der Waals surface area contributed by atoms with Gasteiger partial charge in [0.1, 0.15) is 5.82 Å². The Morgan fingerprint density at radius 2 is 2.14 bits per heavy atom. The maximum Gasteiger partial charge on any atom is 0.143 e. The van der Waals surface area contributed by atoms with Crippen molar-refractivity contribution in [2.45, 2.75) is 26.3 Å². The Hall–Kier alpha value is -0.760. The number of nitrogens with zero attached hydrogens (tertiary/aromatic N) is 1. The molecule has 0 atom stereocenters. The fourth-order valence-corrected chi connectivity index (χ4v) is 2.13. The molecule has 1 aromatic carbocycles. The highest BCUT2D eigenvalue weighted by Crippen LogP contribution is 2.33. The van der Waals surface area contributed by atoms with Crippen LogP contribution in [0.25, 0.3) is 0 Å². The van der Waals surface area contributed by atoms with Crippen LogP contribution in [0.2, 0.25) is 5.02 Å². The van der Waals surface area contributed by atoms with Crippen LogP contribution in [0, 0.1) is 5.82 Å². The Morgan fingerprint density at radius 1 is 1.43 bits per heavy atom. The van der Waals surface area contributed by atoms with Gasteiger partial charge in [-0.1, -0.05) is 11.6 Å². The lowest BCUT2D eigenvalue weighted by Crippen LogP contribution is -2.28. The topological polar surface area (TPSA) is 3.24 Å². The summed E-state index contributed by atoms with van der Waals surface area (Å²) in [4.78, 5) is 2.20. The molecule has 0 N–H and O–H groups in total. The standard InChI is InChI=1S/C11H13ClFN/c1-7(2)14-4-3-8-5-9(12)10(13)6-11(8)14/h5-7H,3-4H2,1-2H3. The minimum Gasteiger partial charge on any atom is -0.368 e. The van der Waals surface area contributed by atoms with Gasteiger partial charge in [0.05, 0.1) is 5.02 Å². The van der Waals surface area contributed by atoms with Gasteiger partial charge in [-0.3, -0.25) is 0 Å². The number of hydrogen-bond donors (Lipinski definition) is 0. The predicted molar refractivity (Wildman–Crippen MR) is 57.6 cm³/mol. The molecule has 3 heteroatoms. The molecule has 0 saturated carbocycles. The van der Waals surface area contributed by atoms with Gasteiger partial charge in [0.15, 0.2) is 0 Å². The molecule has 0 radical (unpaired) electrons. The largest absolute Gasteiger partial charge is 0.368 e. The van der Waals surface area contributed by atoms with Crippen LogP contribution in [-0.4, -0.2) is 12.6 Å². The van der Waals surface area contributed by atoms with Crippen LogP contribution in [0.15, 0.2) is 12.1 Å². The van der Waals surface area contributed by atoms with Gasteiger partial charge >= 0.3 is 0 Å². The van der Waals surface area contributed by atoms with Gasteiger partial charge in [0.2, 0.25) is 0 Å². The maximum atomic E-state index is 13.3. The lowest BCUT2D eigenvalue weighted by Gasteiger charge is -2.23. The quantitative estimate of drug-likeness (QED) is 0.692. The van der Waals surface area contributed by atoms with Gasteiger partial charge in [-0.05, 0) is 38.0 Å². The van der Waals surface area contributed by atoms with E-state index in [1.54, 1.807) is 12.1 Å². The van der Waals surface area contributed by atoms with E-state index in [0.29, 0.717) is 6.04 Å². The van der Waals surface area contributed by atoms with E-state index >= 15 is 0 Å². The van der Waals surface area contributed by atoms with E-state index in [9.17, 15) is 4.39 Å². The van der Waals surface area contributed by atoms with Crippen molar-refractivity contribution in [3.8, 4) is 0 Å². The summed E-state index contributed by atoms with van der Waals surface area (Å²) >= 11 is 5.73. The fraction of sp³-hybridized carbons (Fsp3) is 0.455. The van der Waals surface area contributed by atoms with E-state index in [-0.39, 0.29) is 10.8 Å². The Balaban J connectivity index is 2.45. The van der Waals surface area contributed by atoms with Gasteiger partial charge in [-0.2, -0.15) is 0 Å². The average molecular weight is 214 g/mol. The molecule has 0 aliphatic carbocycles. The monoisotopic (exact) mass is 213 g/mol. The predicted octanol–water partition coefficient (Wildman–Crippen LogP) is 3.25. The molecule has 0 amide bonds. The van der Waals surface area contributed by atoms with Crippen molar-refractivity contribution in [3.05, 3.63) is 28.5 Å². The second-order valence-electron chi connectivity index (χ2n) is 3.93. The highest BCUT2D eigenvalue weighted by atomic mass is 35.5. The van der Waals surface area contributed by atoms with Gasteiger partial charge in [0, 0.05) is 18.3 Å². The number of rotatable bonds is 1. The number of hydrogen-bond acceptors (Lipinski definition) is 1. The molecule has 0 unspecified atom stereocenters. The van der Waals surface area contributed by atoms with Gasteiger partial charge in [0.25, 0.3) is 0 Å². The van der Waals surface area contributed by atoms with Gasteiger partial charge in [-0.15, -0.1) is 0 Å². The zero-order valence-electron chi connectivity index (χ0n) is 8.35.